The third-order valence-electron chi connectivity index (χ3n) is 2.98. The number of nitrogens with two attached hydrogens (primary N) is 2. The summed E-state index contributed by atoms with van der Waals surface area (Å²) in [7, 11) is 0. The average Bonchev–Trinajstić information content (AvgIpc) is 2.68. The van der Waals surface area contributed by atoms with E-state index in [2.05, 4.69) is 0 Å². The van der Waals surface area contributed by atoms with Crippen LogP contribution in [0.1, 0.15) is 30.0 Å². The van der Waals surface area contributed by atoms with Crippen molar-refractivity contribution < 1.29 is 4.79 Å². The SMILES string of the molecule is N#Cc1ccc([C@H](N)C2=C(N)CCC2=O)cc1. The number of nitriles is 1. The van der Waals surface area contributed by atoms with Gasteiger partial charge in [-0.05, 0) is 24.1 Å². The molecule has 1 atom stereocenters. The van der Waals surface area contributed by atoms with E-state index in [1.54, 1.807) is 24.3 Å². The van der Waals surface area contributed by atoms with E-state index in [0.29, 0.717) is 29.7 Å². The maximum absolute atomic E-state index is 11.7. The van der Waals surface area contributed by atoms with E-state index < -0.39 is 6.04 Å². The molecule has 1 aromatic rings. The molecule has 0 spiro atoms. The van der Waals surface area contributed by atoms with E-state index in [-0.39, 0.29) is 5.78 Å². The highest BCUT2D eigenvalue weighted by Crippen LogP contribution is 2.29. The van der Waals surface area contributed by atoms with Gasteiger partial charge in [0.05, 0.1) is 17.7 Å². The second kappa shape index (κ2) is 4.40. The predicted octanol–water partition coefficient (Wildman–Crippen LogP) is 1.13. The number of ketones is 1. The molecule has 0 saturated heterocycles. The maximum Gasteiger partial charge on any atom is 0.162 e. The minimum absolute atomic E-state index is 0.0272. The smallest absolute Gasteiger partial charge is 0.162 e. The summed E-state index contributed by atoms with van der Waals surface area (Å²) in [4.78, 5) is 11.7. The molecule has 0 radical (unpaired) electrons. The number of rotatable bonds is 2. The fraction of sp³-hybridized carbons (Fsp3) is 0.231. The van der Waals surface area contributed by atoms with E-state index in [1.165, 1.54) is 0 Å². The summed E-state index contributed by atoms with van der Waals surface area (Å²) in [6.07, 6.45) is 1.04. The molecule has 17 heavy (non-hydrogen) atoms. The Bertz CT molecular complexity index is 523. The van der Waals surface area contributed by atoms with Crippen molar-refractivity contribution in [1.82, 2.24) is 0 Å². The first-order valence-electron chi connectivity index (χ1n) is 5.41. The number of hydrogen-bond acceptors (Lipinski definition) is 4. The summed E-state index contributed by atoms with van der Waals surface area (Å²) in [5, 5.41) is 8.70. The molecule has 0 saturated carbocycles. The molecule has 86 valence electrons. The minimum Gasteiger partial charge on any atom is -0.402 e. The topological polar surface area (TPSA) is 92.9 Å². The van der Waals surface area contributed by atoms with E-state index in [9.17, 15) is 4.79 Å². The van der Waals surface area contributed by atoms with Gasteiger partial charge in [0.1, 0.15) is 0 Å². The van der Waals surface area contributed by atoms with Crippen LogP contribution in [-0.2, 0) is 4.79 Å². The van der Waals surface area contributed by atoms with Crippen LogP contribution in [0.25, 0.3) is 0 Å². The monoisotopic (exact) mass is 227 g/mol. The lowest BCUT2D eigenvalue weighted by atomic mass is 9.97. The Hall–Kier alpha value is -2.12. The fourth-order valence-corrected chi connectivity index (χ4v) is 2.00. The van der Waals surface area contributed by atoms with Gasteiger partial charge in [0.25, 0.3) is 0 Å². The van der Waals surface area contributed by atoms with Crippen LogP contribution in [0.5, 0.6) is 0 Å². The van der Waals surface area contributed by atoms with Crippen molar-refractivity contribution in [1.29, 1.82) is 5.26 Å². The van der Waals surface area contributed by atoms with Gasteiger partial charge in [0.2, 0.25) is 0 Å². The molecule has 1 aliphatic rings. The number of hydrogen-bond donors (Lipinski definition) is 2. The maximum atomic E-state index is 11.7. The Kier molecular flexibility index (Phi) is 2.94. The number of benzene rings is 1. The normalized spacial score (nSPS) is 17.1. The van der Waals surface area contributed by atoms with Crippen LogP contribution in [-0.4, -0.2) is 5.78 Å². The first kappa shape index (κ1) is 11.4. The zero-order valence-electron chi connectivity index (χ0n) is 9.31. The molecule has 0 bridgehead atoms. The highest BCUT2D eigenvalue weighted by atomic mass is 16.1. The molecule has 0 fully saturated rings. The van der Waals surface area contributed by atoms with Crippen LogP contribution in [0.3, 0.4) is 0 Å². The van der Waals surface area contributed by atoms with Crippen molar-refractivity contribution in [2.45, 2.75) is 18.9 Å². The quantitative estimate of drug-likeness (QED) is 0.792. The van der Waals surface area contributed by atoms with E-state index >= 15 is 0 Å². The van der Waals surface area contributed by atoms with Gasteiger partial charge in [0.15, 0.2) is 5.78 Å². The highest BCUT2D eigenvalue weighted by molar-refractivity contribution is 5.99. The molecular weight excluding hydrogens is 214 g/mol. The number of Topliss-reactive ketones (excluding diaryl/α,β-unsaturated/α-hetero) is 1. The summed E-state index contributed by atoms with van der Waals surface area (Å²) in [6.45, 7) is 0. The Balaban J connectivity index is 2.31. The molecule has 0 aromatic heterocycles. The van der Waals surface area contributed by atoms with Crippen molar-refractivity contribution in [3.8, 4) is 6.07 Å². The number of allylic oxidation sites excluding steroid dienone is 1. The van der Waals surface area contributed by atoms with Gasteiger partial charge in [-0.15, -0.1) is 0 Å². The lowest BCUT2D eigenvalue weighted by Crippen LogP contribution is -2.19. The Morgan fingerprint density at radius 1 is 1.24 bits per heavy atom. The second-order valence-corrected chi connectivity index (χ2v) is 4.07. The summed E-state index contributed by atoms with van der Waals surface area (Å²) >= 11 is 0. The lowest BCUT2D eigenvalue weighted by Gasteiger charge is -2.13. The van der Waals surface area contributed by atoms with Gasteiger partial charge < -0.3 is 11.5 Å². The molecule has 0 unspecified atom stereocenters. The van der Waals surface area contributed by atoms with E-state index in [4.69, 9.17) is 16.7 Å². The first-order valence-corrected chi connectivity index (χ1v) is 5.41. The molecule has 1 aromatic carbocycles. The summed E-state index contributed by atoms with van der Waals surface area (Å²) in [5.41, 5.74) is 14.3. The van der Waals surface area contributed by atoms with Gasteiger partial charge in [-0.2, -0.15) is 5.26 Å². The summed E-state index contributed by atoms with van der Waals surface area (Å²) in [6, 6.07) is 8.44. The van der Waals surface area contributed by atoms with Crippen molar-refractivity contribution in [3.63, 3.8) is 0 Å². The van der Waals surface area contributed by atoms with Gasteiger partial charge in [0, 0.05) is 17.7 Å². The van der Waals surface area contributed by atoms with E-state index in [1.807, 2.05) is 6.07 Å². The van der Waals surface area contributed by atoms with Crippen LogP contribution in [0.15, 0.2) is 35.5 Å². The molecule has 4 nitrogen and oxygen atoms in total. The molecule has 2 rings (SSSR count). The fourth-order valence-electron chi connectivity index (χ4n) is 2.00. The molecule has 4 heteroatoms. The van der Waals surface area contributed by atoms with Crippen molar-refractivity contribution in [3.05, 3.63) is 46.7 Å². The van der Waals surface area contributed by atoms with Gasteiger partial charge in [-0.25, -0.2) is 0 Å². The summed E-state index contributed by atoms with van der Waals surface area (Å²) in [5.74, 6) is 0.0272. The molecule has 1 aliphatic carbocycles. The number of nitrogens with zero attached hydrogens (tertiary/aromatic N) is 1. The largest absolute Gasteiger partial charge is 0.402 e. The third-order valence-corrected chi connectivity index (χ3v) is 2.98. The number of carbonyl (C=O) groups is 1. The number of carbonyl (C=O) groups excluding carboxylic acids is 1. The van der Waals surface area contributed by atoms with Crippen molar-refractivity contribution >= 4 is 5.78 Å². The highest BCUT2D eigenvalue weighted by Gasteiger charge is 2.26. The molecule has 0 heterocycles. The Morgan fingerprint density at radius 2 is 1.88 bits per heavy atom. The third kappa shape index (κ3) is 2.05. The van der Waals surface area contributed by atoms with Crippen LogP contribution >= 0.6 is 0 Å². The van der Waals surface area contributed by atoms with Gasteiger partial charge in [-0.1, -0.05) is 12.1 Å². The molecular formula is C13H13N3O. The molecule has 0 aliphatic heterocycles. The molecule has 0 amide bonds. The van der Waals surface area contributed by atoms with E-state index in [0.717, 1.165) is 5.56 Å². The van der Waals surface area contributed by atoms with Crippen molar-refractivity contribution in [2.24, 2.45) is 11.5 Å². The first-order chi connectivity index (χ1) is 8.13. The second-order valence-electron chi connectivity index (χ2n) is 4.07. The van der Waals surface area contributed by atoms with Gasteiger partial charge >= 0.3 is 0 Å². The Morgan fingerprint density at radius 3 is 2.35 bits per heavy atom. The lowest BCUT2D eigenvalue weighted by molar-refractivity contribution is -0.115. The summed E-state index contributed by atoms with van der Waals surface area (Å²) < 4.78 is 0. The van der Waals surface area contributed by atoms with Crippen molar-refractivity contribution in [2.75, 3.05) is 0 Å². The zero-order chi connectivity index (χ0) is 12.4. The Labute approximate surface area is 99.5 Å². The minimum atomic E-state index is -0.488. The van der Waals surface area contributed by atoms with Gasteiger partial charge in [-0.3, -0.25) is 4.79 Å². The van der Waals surface area contributed by atoms with Crippen LogP contribution in [0, 0.1) is 11.3 Å². The average molecular weight is 227 g/mol. The van der Waals surface area contributed by atoms with Crippen LogP contribution in [0.2, 0.25) is 0 Å². The van der Waals surface area contributed by atoms with Crippen LogP contribution < -0.4 is 11.5 Å². The zero-order valence-corrected chi connectivity index (χ0v) is 9.31. The van der Waals surface area contributed by atoms with Crippen LogP contribution in [0.4, 0.5) is 0 Å². The molecule has 4 N–H and O–H groups in total. The predicted molar refractivity (Wildman–Crippen MR) is 63.5 cm³/mol. The standard InChI is InChI=1S/C13H13N3O/c14-7-8-1-3-9(4-2-8)13(16)12-10(15)5-6-11(12)17/h1-4,13H,5-6,15-16H2/t13-/m0/s1.